The van der Waals surface area contributed by atoms with Crippen molar-refractivity contribution in [3.8, 4) is 11.5 Å². The minimum absolute atomic E-state index is 0.0865. The first-order valence-corrected chi connectivity index (χ1v) is 7.21. The molecule has 0 aliphatic heterocycles. The third kappa shape index (κ3) is 3.64. The summed E-state index contributed by atoms with van der Waals surface area (Å²) < 4.78 is 5.07. The first-order chi connectivity index (χ1) is 10.4. The number of benzene rings is 2. The molecule has 0 radical (unpaired) electrons. The van der Waals surface area contributed by atoms with Crippen molar-refractivity contribution in [3.63, 3.8) is 0 Å². The number of rotatable bonds is 5. The lowest BCUT2D eigenvalue weighted by atomic mass is 9.92. The summed E-state index contributed by atoms with van der Waals surface area (Å²) in [7, 11) is 1.46. The van der Waals surface area contributed by atoms with Crippen LogP contribution in [0.2, 0.25) is 10.0 Å². The Morgan fingerprint density at radius 2 is 1.73 bits per heavy atom. The van der Waals surface area contributed by atoms with Crippen LogP contribution in [-0.2, 0) is 11.2 Å². The maximum atomic E-state index is 11.5. The van der Waals surface area contributed by atoms with Gasteiger partial charge in [0, 0.05) is 0 Å². The lowest BCUT2D eigenvalue weighted by Gasteiger charge is -2.15. The maximum Gasteiger partial charge on any atom is 0.311 e. The van der Waals surface area contributed by atoms with E-state index in [0.29, 0.717) is 26.9 Å². The van der Waals surface area contributed by atoms with Gasteiger partial charge in [-0.15, -0.1) is 0 Å². The number of carbonyl (C=O) groups is 1. The summed E-state index contributed by atoms with van der Waals surface area (Å²) in [4.78, 5) is 11.5. The zero-order valence-corrected chi connectivity index (χ0v) is 13.2. The second kappa shape index (κ2) is 6.90. The van der Waals surface area contributed by atoms with E-state index in [1.54, 1.807) is 24.3 Å². The molecule has 1 atom stereocenters. The standard InChI is InChI=1S/C16H14Cl2O4/c1-22-15-13(17)7-9(8-14(15)18)6-12(16(20)21)10-2-4-11(19)5-3-10/h2-5,7-8,12,19H,6H2,1H3,(H,20,21). The highest BCUT2D eigenvalue weighted by atomic mass is 35.5. The SMILES string of the molecule is COc1c(Cl)cc(CC(C(=O)O)c2ccc(O)cc2)cc1Cl. The summed E-state index contributed by atoms with van der Waals surface area (Å²) in [5.74, 6) is -1.28. The molecule has 0 bridgehead atoms. The first kappa shape index (κ1) is 16.5. The first-order valence-electron chi connectivity index (χ1n) is 6.46. The van der Waals surface area contributed by atoms with Crippen LogP contribution in [0.4, 0.5) is 0 Å². The van der Waals surface area contributed by atoms with E-state index < -0.39 is 11.9 Å². The van der Waals surface area contributed by atoms with E-state index in [2.05, 4.69) is 0 Å². The highest BCUT2D eigenvalue weighted by molar-refractivity contribution is 6.37. The van der Waals surface area contributed by atoms with Crippen molar-refractivity contribution in [2.24, 2.45) is 0 Å². The number of ether oxygens (including phenoxy) is 1. The summed E-state index contributed by atoms with van der Waals surface area (Å²) >= 11 is 12.1. The van der Waals surface area contributed by atoms with Crippen molar-refractivity contribution < 1.29 is 19.7 Å². The topological polar surface area (TPSA) is 66.8 Å². The number of aromatic hydroxyl groups is 1. The highest BCUT2D eigenvalue weighted by Gasteiger charge is 2.21. The lowest BCUT2D eigenvalue weighted by molar-refractivity contribution is -0.138. The molecule has 1 unspecified atom stereocenters. The van der Waals surface area contributed by atoms with Crippen LogP contribution in [0.3, 0.4) is 0 Å². The number of hydrogen-bond acceptors (Lipinski definition) is 3. The minimum Gasteiger partial charge on any atom is -0.508 e. The molecule has 2 aromatic carbocycles. The predicted octanol–water partition coefficient (Wildman–Crippen LogP) is 4.12. The van der Waals surface area contributed by atoms with Gasteiger partial charge in [0.2, 0.25) is 0 Å². The third-order valence-electron chi connectivity index (χ3n) is 3.30. The molecule has 0 spiro atoms. The molecule has 0 heterocycles. The Hall–Kier alpha value is -1.91. The molecule has 4 nitrogen and oxygen atoms in total. The molecule has 0 aromatic heterocycles. The van der Waals surface area contributed by atoms with Crippen molar-refractivity contribution in [2.75, 3.05) is 7.11 Å². The number of methoxy groups -OCH3 is 1. The van der Waals surface area contributed by atoms with Crippen molar-refractivity contribution >= 4 is 29.2 Å². The summed E-state index contributed by atoms with van der Waals surface area (Å²) in [6.07, 6.45) is 0.226. The average Bonchev–Trinajstić information content (AvgIpc) is 2.45. The van der Waals surface area contributed by atoms with Gasteiger partial charge in [-0.25, -0.2) is 0 Å². The third-order valence-corrected chi connectivity index (χ3v) is 3.86. The van der Waals surface area contributed by atoms with Crippen molar-refractivity contribution in [3.05, 3.63) is 57.6 Å². The van der Waals surface area contributed by atoms with Gasteiger partial charge >= 0.3 is 5.97 Å². The van der Waals surface area contributed by atoms with E-state index in [9.17, 15) is 15.0 Å². The average molecular weight is 341 g/mol. The van der Waals surface area contributed by atoms with E-state index in [1.165, 1.54) is 19.2 Å². The van der Waals surface area contributed by atoms with Gasteiger partial charge in [0.25, 0.3) is 0 Å². The van der Waals surface area contributed by atoms with Crippen LogP contribution in [0.1, 0.15) is 17.0 Å². The Morgan fingerprint density at radius 3 is 2.18 bits per heavy atom. The minimum atomic E-state index is -0.964. The van der Waals surface area contributed by atoms with Gasteiger partial charge in [0.05, 0.1) is 23.1 Å². The normalized spacial score (nSPS) is 12.0. The fourth-order valence-corrected chi connectivity index (χ4v) is 2.90. The molecule has 0 saturated carbocycles. The number of phenols is 1. The van der Waals surface area contributed by atoms with E-state index >= 15 is 0 Å². The Kier molecular flexibility index (Phi) is 5.16. The second-order valence-electron chi connectivity index (χ2n) is 4.78. The van der Waals surface area contributed by atoms with E-state index in [0.717, 1.165) is 0 Å². The monoisotopic (exact) mass is 340 g/mol. The Balaban J connectivity index is 2.33. The van der Waals surface area contributed by atoms with Gasteiger partial charge in [-0.3, -0.25) is 4.79 Å². The highest BCUT2D eigenvalue weighted by Crippen LogP contribution is 2.35. The lowest BCUT2D eigenvalue weighted by Crippen LogP contribution is -2.14. The largest absolute Gasteiger partial charge is 0.508 e. The van der Waals surface area contributed by atoms with Crippen molar-refractivity contribution in [2.45, 2.75) is 12.3 Å². The van der Waals surface area contributed by atoms with Gasteiger partial charge < -0.3 is 14.9 Å². The molecule has 0 aliphatic rings. The number of carboxylic acid groups (broad SMARTS) is 1. The van der Waals surface area contributed by atoms with Crippen molar-refractivity contribution in [1.82, 2.24) is 0 Å². The molecule has 0 amide bonds. The molecule has 0 fully saturated rings. The maximum absolute atomic E-state index is 11.5. The molecule has 0 saturated heterocycles. The number of hydrogen-bond donors (Lipinski definition) is 2. The zero-order valence-electron chi connectivity index (χ0n) is 11.7. The Morgan fingerprint density at radius 1 is 1.18 bits per heavy atom. The molecular formula is C16H14Cl2O4. The summed E-state index contributed by atoms with van der Waals surface area (Å²) in [5, 5.41) is 19.4. The number of aliphatic carboxylic acids is 1. The molecule has 22 heavy (non-hydrogen) atoms. The number of halogens is 2. The fraction of sp³-hybridized carbons (Fsp3) is 0.188. The second-order valence-corrected chi connectivity index (χ2v) is 5.59. The molecular weight excluding hydrogens is 327 g/mol. The molecule has 2 rings (SSSR count). The van der Waals surface area contributed by atoms with Crippen LogP contribution in [0.5, 0.6) is 11.5 Å². The molecule has 2 N–H and O–H groups in total. The van der Waals surface area contributed by atoms with E-state index in [1.807, 2.05) is 0 Å². The van der Waals surface area contributed by atoms with Crippen LogP contribution < -0.4 is 4.74 Å². The van der Waals surface area contributed by atoms with Crippen LogP contribution in [0.25, 0.3) is 0 Å². The number of carboxylic acids is 1. The number of phenolic OH excluding ortho intramolecular Hbond substituents is 1. The summed E-state index contributed by atoms with van der Waals surface area (Å²) in [6.45, 7) is 0. The van der Waals surface area contributed by atoms with E-state index in [-0.39, 0.29) is 12.2 Å². The molecule has 2 aromatic rings. The van der Waals surface area contributed by atoms with Gasteiger partial charge in [-0.2, -0.15) is 0 Å². The summed E-state index contributed by atoms with van der Waals surface area (Å²) in [6, 6.07) is 9.37. The van der Waals surface area contributed by atoms with Crippen LogP contribution in [-0.4, -0.2) is 23.3 Å². The smallest absolute Gasteiger partial charge is 0.311 e. The molecule has 116 valence electrons. The Labute approximate surface area is 137 Å². The van der Waals surface area contributed by atoms with Gasteiger partial charge in [-0.1, -0.05) is 35.3 Å². The zero-order chi connectivity index (χ0) is 16.3. The van der Waals surface area contributed by atoms with Crippen LogP contribution in [0.15, 0.2) is 36.4 Å². The fourth-order valence-electron chi connectivity index (χ4n) is 2.22. The van der Waals surface area contributed by atoms with Crippen molar-refractivity contribution in [1.29, 1.82) is 0 Å². The van der Waals surface area contributed by atoms with Crippen LogP contribution in [0, 0.1) is 0 Å². The molecule has 0 aliphatic carbocycles. The van der Waals surface area contributed by atoms with Gasteiger partial charge in [0.1, 0.15) is 5.75 Å². The van der Waals surface area contributed by atoms with Crippen LogP contribution >= 0.6 is 23.2 Å². The van der Waals surface area contributed by atoms with E-state index in [4.69, 9.17) is 27.9 Å². The van der Waals surface area contributed by atoms with Gasteiger partial charge in [-0.05, 0) is 41.8 Å². The molecule has 6 heteroatoms. The predicted molar refractivity (Wildman–Crippen MR) is 85.2 cm³/mol. The quantitative estimate of drug-likeness (QED) is 0.859. The van der Waals surface area contributed by atoms with Gasteiger partial charge in [0.15, 0.2) is 5.75 Å². The Bertz CT molecular complexity index is 660. The summed E-state index contributed by atoms with van der Waals surface area (Å²) in [5.41, 5.74) is 1.28.